The number of hydrogen-bond donors (Lipinski definition) is 3. The third-order valence-corrected chi connectivity index (χ3v) is 5.52. The number of thioether (sulfide) groups is 1. The van der Waals surface area contributed by atoms with Crippen molar-refractivity contribution in [3.05, 3.63) is 40.5 Å². The number of rotatable bonds is 10. The molecule has 1 atom stereocenters. The van der Waals surface area contributed by atoms with Crippen LogP contribution < -0.4 is 16.4 Å². The molecule has 0 saturated carbocycles. The summed E-state index contributed by atoms with van der Waals surface area (Å²) in [5.74, 6) is -1.19. The molecule has 2 rings (SSSR count). The number of benzene rings is 1. The van der Waals surface area contributed by atoms with Crippen LogP contribution in [0.1, 0.15) is 34.0 Å². The first kappa shape index (κ1) is 27.9. The number of anilines is 2. The molecule has 1 aromatic heterocycles. The highest BCUT2D eigenvalue weighted by Crippen LogP contribution is 2.31. The summed E-state index contributed by atoms with van der Waals surface area (Å²) in [5.41, 5.74) is 4.58. The quantitative estimate of drug-likeness (QED) is 0.326. The molecule has 0 bridgehead atoms. The van der Waals surface area contributed by atoms with E-state index in [4.69, 9.17) is 5.73 Å². The number of amides is 1. The van der Waals surface area contributed by atoms with E-state index in [0.29, 0.717) is 11.6 Å². The van der Waals surface area contributed by atoms with Gasteiger partial charge in [0.05, 0.1) is 11.6 Å². The fourth-order valence-electron chi connectivity index (χ4n) is 3.03. The number of carbonyl (C=O) groups is 2. The number of aromatic nitrogens is 2. The number of nitrogens with zero attached hydrogens (tertiary/aromatic N) is 4. The van der Waals surface area contributed by atoms with E-state index in [2.05, 4.69) is 20.6 Å². The van der Waals surface area contributed by atoms with Gasteiger partial charge in [-0.25, -0.2) is 4.98 Å². The van der Waals surface area contributed by atoms with E-state index in [1.165, 1.54) is 24.8 Å². The minimum Gasteiger partial charge on any atom is -0.368 e. The lowest BCUT2D eigenvalue weighted by molar-refractivity contribution is -0.137. The fraction of sp³-hybridized carbons (Fsp3) is 0.409. The molecule has 0 aliphatic rings. The topological polar surface area (TPSA) is 137 Å². The summed E-state index contributed by atoms with van der Waals surface area (Å²) in [5, 5.41) is 15.1. The van der Waals surface area contributed by atoms with E-state index in [1.807, 2.05) is 11.0 Å². The van der Waals surface area contributed by atoms with Gasteiger partial charge < -0.3 is 21.3 Å². The number of halogens is 3. The summed E-state index contributed by atoms with van der Waals surface area (Å²) < 4.78 is 40.4. The SMILES string of the molecule is CSc1nc(N)nc(N[C@@H](C)C(=O)Cc2cc(C(=O)NCCN(C)C)cc(C(F)(F)F)c2)c1C#N. The zero-order valence-corrected chi connectivity index (χ0v) is 20.5. The molecular formula is C22H26F3N7O2S. The molecule has 35 heavy (non-hydrogen) atoms. The third kappa shape index (κ3) is 7.83. The molecule has 13 heteroatoms. The van der Waals surface area contributed by atoms with Crippen LogP contribution in [-0.4, -0.2) is 66.0 Å². The van der Waals surface area contributed by atoms with Crippen molar-refractivity contribution in [3.8, 4) is 6.07 Å². The maximum atomic E-state index is 13.5. The molecule has 1 aromatic carbocycles. The third-order valence-electron chi connectivity index (χ3n) is 4.84. The number of hydrogen-bond acceptors (Lipinski definition) is 9. The molecule has 0 spiro atoms. The van der Waals surface area contributed by atoms with Gasteiger partial charge in [0.25, 0.3) is 5.91 Å². The summed E-state index contributed by atoms with van der Waals surface area (Å²) in [6, 6.07) is 3.90. The summed E-state index contributed by atoms with van der Waals surface area (Å²) in [6.45, 7) is 2.25. The molecule has 0 aliphatic carbocycles. The predicted molar refractivity (Wildman–Crippen MR) is 127 cm³/mol. The van der Waals surface area contributed by atoms with E-state index >= 15 is 0 Å². The standard InChI is InChI=1S/C22H26F3N7O2S/c1-12(29-18-16(11-26)20(35-4)31-21(27)30-18)17(33)9-13-7-14(10-15(8-13)22(23,24)25)19(34)28-5-6-32(2)3/h7-8,10,12H,5-6,9H2,1-4H3,(H,28,34)(H3,27,29,30,31)/t12-/m0/s1. The molecule has 0 saturated heterocycles. The van der Waals surface area contributed by atoms with Gasteiger partial charge in [0.1, 0.15) is 16.7 Å². The predicted octanol–water partition coefficient (Wildman–Crippen LogP) is 2.57. The second kappa shape index (κ2) is 11.9. The maximum Gasteiger partial charge on any atom is 0.416 e. The minimum atomic E-state index is -4.70. The fourth-order valence-corrected chi connectivity index (χ4v) is 3.56. The van der Waals surface area contributed by atoms with Crippen molar-refractivity contribution in [1.82, 2.24) is 20.2 Å². The van der Waals surface area contributed by atoms with Crippen molar-refractivity contribution in [1.29, 1.82) is 5.26 Å². The van der Waals surface area contributed by atoms with Crippen molar-refractivity contribution in [2.24, 2.45) is 0 Å². The van der Waals surface area contributed by atoms with Crippen LogP contribution in [0.15, 0.2) is 23.2 Å². The lowest BCUT2D eigenvalue weighted by Crippen LogP contribution is -2.32. The smallest absolute Gasteiger partial charge is 0.368 e. The van der Waals surface area contributed by atoms with Crippen LogP contribution in [0.2, 0.25) is 0 Å². The average molecular weight is 510 g/mol. The highest BCUT2D eigenvalue weighted by Gasteiger charge is 2.32. The maximum absolute atomic E-state index is 13.5. The number of nitrogen functional groups attached to an aromatic ring is 1. The molecule has 9 nitrogen and oxygen atoms in total. The zero-order valence-electron chi connectivity index (χ0n) is 19.7. The molecule has 0 radical (unpaired) electrons. The molecule has 1 heterocycles. The number of nitrogens with one attached hydrogen (secondary N) is 2. The second-order valence-corrected chi connectivity index (χ2v) is 8.71. The van der Waals surface area contributed by atoms with Gasteiger partial charge >= 0.3 is 6.18 Å². The monoisotopic (exact) mass is 509 g/mol. The van der Waals surface area contributed by atoms with Crippen molar-refractivity contribution in [3.63, 3.8) is 0 Å². The molecule has 0 fully saturated rings. The van der Waals surface area contributed by atoms with Gasteiger partial charge in [0, 0.05) is 25.1 Å². The van der Waals surface area contributed by atoms with Crippen LogP contribution in [0, 0.1) is 11.3 Å². The molecule has 0 aliphatic heterocycles. The summed E-state index contributed by atoms with van der Waals surface area (Å²) in [7, 11) is 3.60. The number of ketones is 1. The Morgan fingerprint density at radius 3 is 2.51 bits per heavy atom. The molecular weight excluding hydrogens is 483 g/mol. The number of nitriles is 1. The first-order chi connectivity index (χ1) is 16.3. The van der Waals surface area contributed by atoms with Gasteiger partial charge in [-0.1, -0.05) is 0 Å². The Balaban J connectivity index is 2.26. The van der Waals surface area contributed by atoms with Crippen LogP contribution in [0.3, 0.4) is 0 Å². The van der Waals surface area contributed by atoms with Gasteiger partial charge in [-0.3, -0.25) is 9.59 Å². The Morgan fingerprint density at radius 1 is 1.26 bits per heavy atom. The number of likely N-dealkylation sites (N-methyl/N-ethyl adjacent to an activating group) is 1. The highest BCUT2D eigenvalue weighted by atomic mass is 32.2. The Hall–Kier alpha value is -3.37. The Labute approximate surface area is 205 Å². The van der Waals surface area contributed by atoms with Crippen LogP contribution >= 0.6 is 11.8 Å². The van der Waals surface area contributed by atoms with E-state index in [0.717, 1.165) is 12.1 Å². The Bertz CT molecular complexity index is 1130. The minimum absolute atomic E-state index is 0.0312. The molecule has 2 aromatic rings. The largest absolute Gasteiger partial charge is 0.416 e. The number of alkyl halides is 3. The summed E-state index contributed by atoms with van der Waals surface area (Å²) >= 11 is 1.18. The van der Waals surface area contributed by atoms with Gasteiger partial charge in [-0.05, 0) is 51.0 Å². The molecule has 4 N–H and O–H groups in total. The Morgan fingerprint density at radius 2 is 1.94 bits per heavy atom. The summed E-state index contributed by atoms with van der Waals surface area (Å²) in [6.07, 6.45) is -3.38. The van der Waals surface area contributed by atoms with Gasteiger partial charge in [0.15, 0.2) is 11.6 Å². The van der Waals surface area contributed by atoms with Crippen LogP contribution in [0.5, 0.6) is 0 Å². The van der Waals surface area contributed by atoms with Gasteiger partial charge in [-0.2, -0.15) is 23.4 Å². The normalized spacial score (nSPS) is 12.2. The van der Waals surface area contributed by atoms with E-state index < -0.39 is 29.5 Å². The van der Waals surface area contributed by atoms with Crippen LogP contribution in [0.25, 0.3) is 0 Å². The second-order valence-electron chi connectivity index (χ2n) is 7.91. The Kier molecular flexibility index (Phi) is 9.44. The van der Waals surface area contributed by atoms with Crippen LogP contribution in [-0.2, 0) is 17.4 Å². The average Bonchev–Trinajstić information content (AvgIpc) is 2.77. The first-order valence-electron chi connectivity index (χ1n) is 10.4. The van der Waals surface area contributed by atoms with Crippen molar-refractivity contribution in [2.75, 3.05) is 44.5 Å². The van der Waals surface area contributed by atoms with Gasteiger partial charge in [0.2, 0.25) is 5.95 Å². The van der Waals surface area contributed by atoms with Crippen molar-refractivity contribution < 1.29 is 22.8 Å². The van der Waals surface area contributed by atoms with Crippen molar-refractivity contribution in [2.45, 2.75) is 30.6 Å². The lowest BCUT2D eigenvalue weighted by Gasteiger charge is -2.17. The molecule has 0 unspecified atom stereocenters. The van der Waals surface area contributed by atoms with Crippen LogP contribution in [0.4, 0.5) is 24.9 Å². The number of carbonyl (C=O) groups excluding carboxylic acids is 2. The van der Waals surface area contributed by atoms with Crippen molar-refractivity contribution >= 4 is 35.2 Å². The number of Topliss-reactive ketones (excluding diaryl/α,β-unsaturated/α-hetero) is 1. The van der Waals surface area contributed by atoms with E-state index in [1.54, 1.807) is 20.4 Å². The summed E-state index contributed by atoms with van der Waals surface area (Å²) in [4.78, 5) is 35.0. The zero-order chi connectivity index (χ0) is 26.3. The molecule has 1 amide bonds. The first-order valence-corrected chi connectivity index (χ1v) is 11.6. The molecule has 188 valence electrons. The van der Waals surface area contributed by atoms with Gasteiger partial charge in [-0.15, -0.1) is 11.8 Å². The van der Waals surface area contributed by atoms with E-state index in [9.17, 15) is 28.0 Å². The van der Waals surface area contributed by atoms with E-state index in [-0.39, 0.29) is 41.4 Å². The number of nitrogens with two attached hydrogens (primary N) is 1. The lowest BCUT2D eigenvalue weighted by atomic mass is 9.99. The highest BCUT2D eigenvalue weighted by molar-refractivity contribution is 7.98.